The number of thioether (sulfide) groups is 2. The molecule has 2 heterocycles. The normalized spacial score (nSPS) is 12.3. The van der Waals surface area contributed by atoms with E-state index in [0.29, 0.717) is 21.3 Å². The molecule has 170 valence electrons. The molecule has 0 radical (unpaired) electrons. The third kappa shape index (κ3) is 5.15. The van der Waals surface area contributed by atoms with Crippen LogP contribution in [0.15, 0.2) is 57.3 Å². The molecule has 33 heavy (non-hydrogen) atoms. The SMILES string of the molecule is COC(=O)c1ccc(NC(=O)CSc2nc3c(c(=O)n2-c2cc(C)cc(C)c2)SCC3)cc1. The molecular weight excluding hydrogens is 458 g/mol. The van der Waals surface area contributed by atoms with Crippen molar-refractivity contribution in [2.75, 3.05) is 23.9 Å². The smallest absolute Gasteiger partial charge is 0.337 e. The van der Waals surface area contributed by atoms with Gasteiger partial charge in [-0.05, 0) is 61.4 Å². The predicted octanol–water partition coefficient (Wildman–Crippen LogP) is 4.01. The summed E-state index contributed by atoms with van der Waals surface area (Å²) in [5.41, 5.74) is 4.53. The maximum absolute atomic E-state index is 13.3. The van der Waals surface area contributed by atoms with Crippen LogP contribution < -0.4 is 10.9 Å². The summed E-state index contributed by atoms with van der Waals surface area (Å²) in [7, 11) is 1.32. The fourth-order valence-electron chi connectivity index (χ4n) is 3.63. The number of esters is 1. The number of fused-ring (bicyclic) bond motifs is 1. The molecule has 1 amide bonds. The number of hydrogen-bond acceptors (Lipinski definition) is 7. The fourth-order valence-corrected chi connectivity index (χ4v) is 5.48. The molecule has 0 fully saturated rings. The molecule has 0 unspecified atom stereocenters. The second-order valence-electron chi connectivity index (χ2n) is 7.66. The Morgan fingerprint density at radius 2 is 1.85 bits per heavy atom. The van der Waals surface area contributed by atoms with Crippen molar-refractivity contribution in [3.63, 3.8) is 0 Å². The molecule has 0 spiro atoms. The molecule has 0 atom stereocenters. The van der Waals surface area contributed by atoms with Crippen LogP contribution in [0.1, 0.15) is 27.2 Å². The van der Waals surface area contributed by atoms with Gasteiger partial charge in [0, 0.05) is 17.9 Å². The van der Waals surface area contributed by atoms with Gasteiger partial charge in [0.1, 0.15) is 0 Å². The summed E-state index contributed by atoms with van der Waals surface area (Å²) in [5.74, 6) is 0.248. The van der Waals surface area contributed by atoms with E-state index in [1.165, 1.54) is 30.6 Å². The lowest BCUT2D eigenvalue weighted by Crippen LogP contribution is -2.25. The third-order valence-electron chi connectivity index (χ3n) is 5.05. The van der Waals surface area contributed by atoms with Crippen LogP contribution in [0.5, 0.6) is 0 Å². The number of ether oxygens (including phenoxy) is 1. The lowest BCUT2D eigenvalue weighted by atomic mass is 10.1. The van der Waals surface area contributed by atoms with Gasteiger partial charge in [0.05, 0.1) is 34.7 Å². The van der Waals surface area contributed by atoms with Gasteiger partial charge in [-0.15, -0.1) is 11.8 Å². The number of nitrogens with zero attached hydrogens (tertiary/aromatic N) is 2. The van der Waals surface area contributed by atoms with Gasteiger partial charge in [-0.3, -0.25) is 14.2 Å². The van der Waals surface area contributed by atoms with Crippen molar-refractivity contribution in [3.8, 4) is 5.69 Å². The van der Waals surface area contributed by atoms with Crippen LogP contribution in [0.3, 0.4) is 0 Å². The molecule has 3 aromatic rings. The van der Waals surface area contributed by atoms with Gasteiger partial charge in [-0.1, -0.05) is 17.8 Å². The number of aryl methyl sites for hydroxylation is 3. The summed E-state index contributed by atoms with van der Waals surface area (Å²) in [6.07, 6.45) is 0.745. The van der Waals surface area contributed by atoms with E-state index in [4.69, 9.17) is 4.98 Å². The Labute approximate surface area is 200 Å². The monoisotopic (exact) mass is 481 g/mol. The van der Waals surface area contributed by atoms with Crippen LogP contribution in [0.4, 0.5) is 5.69 Å². The molecule has 0 saturated carbocycles. The first-order valence-electron chi connectivity index (χ1n) is 10.3. The minimum atomic E-state index is -0.436. The van der Waals surface area contributed by atoms with E-state index in [1.54, 1.807) is 28.8 Å². The molecule has 2 aromatic carbocycles. The van der Waals surface area contributed by atoms with Crippen molar-refractivity contribution in [2.45, 2.75) is 30.3 Å². The number of amides is 1. The average molecular weight is 482 g/mol. The molecule has 1 aromatic heterocycles. The summed E-state index contributed by atoms with van der Waals surface area (Å²) in [6, 6.07) is 12.4. The number of carbonyl (C=O) groups excluding carboxylic acids is 2. The van der Waals surface area contributed by atoms with E-state index in [-0.39, 0.29) is 17.2 Å². The molecular formula is C24H23N3O4S2. The van der Waals surface area contributed by atoms with E-state index >= 15 is 0 Å². The number of nitrogens with one attached hydrogen (secondary N) is 1. The molecule has 1 aliphatic rings. The minimum absolute atomic E-state index is 0.0852. The Bertz CT molecular complexity index is 1270. The van der Waals surface area contributed by atoms with E-state index < -0.39 is 5.97 Å². The maximum Gasteiger partial charge on any atom is 0.337 e. The van der Waals surface area contributed by atoms with Crippen LogP contribution in [-0.4, -0.2) is 40.0 Å². The highest BCUT2D eigenvalue weighted by Gasteiger charge is 2.23. The Balaban J connectivity index is 1.56. The van der Waals surface area contributed by atoms with Gasteiger partial charge in [0.25, 0.3) is 5.56 Å². The molecule has 0 bridgehead atoms. The van der Waals surface area contributed by atoms with Gasteiger partial charge in [0.2, 0.25) is 5.91 Å². The largest absolute Gasteiger partial charge is 0.465 e. The number of anilines is 1. The second kappa shape index (κ2) is 9.84. The van der Waals surface area contributed by atoms with Crippen molar-refractivity contribution in [3.05, 3.63) is 75.2 Å². The van der Waals surface area contributed by atoms with Crippen LogP contribution in [0.25, 0.3) is 5.69 Å². The molecule has 4 rings (SSSR count). The molecule has 1 N–H and O–H groups in total. The van der Waals surface area contributed by atoms with Crippen molar-refractivity contribution in [1.29, 1.82) is 0 Å². The van der Waals surface area contributed by atoms with Crippen LogP contribution >= 0.6 is 23.5 Å². The number of carbonyl (C=O) groups is 2. The van der Waals surface area contributed by atoms with Gasteiger partial charge in [-0.2, -0.15) is 0 Å². The Morgan fingerprint density at radius 3 is 2.52 bits per heavy atom. The van der Waals surface area contributed by atoms with Crippen molar-refractivity contribution >= 4 is 41.1 Å². The number of aromatic nitrogens is 2. The summed E-state index contributed by atoms with van der Waals surface area (Å²) in [4.78, 5) is 42.9. The van der Waals surface area contributed by atoms with Crippen molar-refractivity contribution in [2.24, 2.45) is 0 Å². The van der Waals surface area contributed by atoms with Gasteiger partial charge < -0.3 is 10.1 Å². The fraction of sp³-hybridized carbons (Fsp3) is 0.250. The van der Waals surface area contributed by atoms with E-state index in [2.05, 4.69) is 16.1 Å². The Morgan fingerprint density at radius 1 is 1.15 bits per heavy atom. The predicted molar refractivity (Wildman–Crippen MR) is 131 cm³/mol. The van der Waals surface area contributed by atoms with Gasteiger partial charge in [-0.25, -0.2) is 9.78 Å². The van der Waals surface area contributed by atoms with Crippen molar-refractivity contribution < 1.29 is 14.3 Å². The average Bonchev–Trinajstić information content (AvgIpc) is 3.26. The highest BCUT2D eigenvalue weighted by atomic mass is 32.2. The van der Waals surface area contributed by atoms with E-state index in [9.17, 15) is 14.4 Å². The quantitative estimate of drug-likeness (QED) is 0.323. The topological polar surface area (TPSA) is 90.3 Å². The Kier molecular flexibility index (Phi) is 6.90. The molecule has 0 aliphatic carbocycles. The number of hydrogen-bond donors (Lipinski definition) is 1. The summed E-state index contributed by atoms with van der Waals surface area (Å²) < 4.78 is 6.29. The zero-order chi connectivity index (χ0) is 23.5. The maximum atomic E-state index is 13.3. The summed E-state index contributed by atoms with van der Waals surface area (Å²) in [5, 5.41) is 3.31. The summed E-state index contributed by atoms with van der Waals surface area (Å²) >= 11 is 2.76. The lowest BCUT2D eigenvalue weighted by Gasteiger charge is -2.15. The first-order chi connectivity index (χ1) is 15.9. The molecule has 0 saturated heterocycles. The zero-order valence-electron chi connectivity index (χ0n) is 18.5. The standard InChI is InChI=1S/C24H23N3O4S2/c1-14-10-15(2)12-18(11-14)27-22(29)21-19(8-9-32-21)26-24(27)33-13-20(28)25-17-6-4-16(5-7-17)23(30)31-3/h4-7,10-12H,8-9,13H2,1-3H3,(H,25,28). The first kappa shape index (κ1) is 23.1. The summed E-state index contributed by atoms with van der Waals surface area (Å²) in [6.45, 7) is 3.98. The number of rotatable bonds is 6. The van der Waals surface area contributed by atoms with Crippen molar-refractivity contribution in [1.82, 2.24) is 9.55 Å². The molecule has 9 heteroatoms. The van der Waals surface area contributed by atoms with E-state index in [1.807, 2.05) is 26.0 Å². The minimum Gasteiger partial charge on any atom is -0.465 e. The molecule has 1 aliphatic heterocycles. The number of methoxy groups -OCH3 is 1. The zero-order valence-corrected chi connectivity index (χ0v) is 20.1. The lowest BCUT2D eigenvalue weighted by molar-refractivity contribution is -0.113. The van der Waals surface area contributed by atoms with Crippen LogP contribution in [0, 0.1) is 13.8 Å². The van der Waals surface area contributed by atoms with E-state index in [0.717, 1.165) is 34.7 Å². The highest BCUT2D eigenvalue weighted by molar-refractivity contribution is 8.00. The van der Waals surface area contributed by atoms with Gasteiger partial charge >= 0.3 is 5.97 Å². The Hall–Kier alpha value is -3.04. The van der Waals surface area contributed by atoms with Gasteiger partial charge in [0.15, 0.2) is 5.16 Å². The van der Waals surface area contributed by atoms with Crippen LogP contribution in [-0.2, 0) is 16.0 Å². The second-order valence-corrected chi connectivity index (χ2v) is 9.71. The van der Waals surface area contributed by atoms with Crippen LogP contribution in [0.2, 0.25) is 0 Å². The third-order valence-corrected chi connectivity index (χ3v) is 7.10. The number of benzene rings is 2. The highest BCUT2D eigenvalue weighted by Crippen LogP contribution is 2.30. The first-order valence-corrected chi connectivity index (χ1v) is 12.3. The molecule has 7 nitrogen and oxygen atoms in total.